The highest BCUT2D eigenvalue weighted by molar-refractivity contribution is 5.99. The predicted molar refractivity (Wildman–Crippen MR) is 132 cm³/mol. The average Bonchev–Trinajstić information content (AvgIpc) is 2.76. The molecule has 204 valence electrons. The Labute approximate surface area is 214 Å². The molecule has 0 aliphatic heterocycles. The van der Waals surface area contributed by atoms with E-state index in [2.05, 4.69) is 10.6 Å². The smallest absolute Gasteiger partial charge is 0.329 e. The van der Waals surface area contributed by atoms with Crippen LogP contribution in [0.2, 0.25) is 0 Å². The van der Waals surface area contributed by atoms with Crippen LogP contribution in [0.25, 0.3) is 0 Å². The fourth-order valence-corrected chi connectivity index (χ4v) is 3.36. The number of nitro benzene ring substituents is 1. The summed E-state index contributed by atoms with van der Waals surface area (Å²) < 4.78 is 18.9. The molecule has 0 saturated heterocycles. The van der Waals surface area contributed by atoms with Crippen LogP contribution in [0.5, 0.6) is 0 Å². The molecule has 2 N–H and O–H groups in total. The standard InChI is InChI=1S/C25H34FN3O8/c1-15(30)10-12-19(16(2)31)27-24(34)28-20(23(33)37-25(3,4)5)8-6-7-9-22(32)18-14-17(26)11-13-21(18)29(35)36/h11,13-14,19-20H,6-10,12H2,1-5H3,(H2,27,28,34)/t19-,20-/m0/s1/i26-1. The Morgan fingerprint density at radius 1 is 1.00 bits per heavy atom. The van der Waals surface area contributed by atoms with Crippen LogP contribution in [0, 0.1) is 15.9 Å². The normalized spacial score (nSPS) is 12.7. The molecule has 0 heterocycles. The van der Waals surface area contributed by atoms with Gasteiger partial charge in [-0.25, -0.2) is 14.0 Å². The SMILES string of the molecule is CC(=O)CC[C@H](NC(=O)N[C@@H](CCCCC(=O)c1cc([18F])ccc1[N+](=O)[O-])C(=O)OC(C)(C)C)C(C)=O. The Morgan fingerprint density at radius 2 is 1.62 bits per heavy atom. The van der Waals surface area contributed by atoms with E-state index in [0.717, 1.165) is 18.2 Å². The van der Waals surface area contributed by atoms with Crippen molar-refractivity contribution in [1.29, 1.82) is 0 Å². The quantitative estimate of drug-likeness (QED) is 0.122. The number of hydrogen-bond acceptors (Lipinski definition) is 8. The Balaban J connectivity index is 2.83. The highest BCUT2D eigenvalue weighted by Gasteiger charge is 2.28. The first kappa shape index (κ1) is 31.3. The van der Waals surface area contributed by atoms with Crippen molar-refractivity contribution < 1.29 is 38.0 Å². The number of unbranched alkanes of at least 4 members (excludes halogenated alkanes) is 1. The van der Waals surface area contributed by atoms with Gasteiger partial charge in [0.2, 0.25) is 0 Å². The van der Waals surface area contributed by atoms with Gasteiger partial charge in [-0.1, -0.05) is 6.42 Å². The predicted octanol–water partition coefficient (Wildman–Crippen LogP) is 3.81. The van der Waals surface area contributed by atoms with Gasteiger partial charge in [0.1, 0.15) is 23.2 Å². The molecule has 0 fully saturated rings. The molecule has 11 nitrogen and oxygen atoms in total. The van der Waals surface area contributed by atoms with Crippen molar-refractivity contribution in [3.8, 4) is 0 Å². The summed E-state index contributed by atoms with van der Waals surface area (Å²) >= 11 is 0. The van der Waals surface area contributed by atoms with E-state index in [-0.39, 0.29) is 55.7 Å². The number of ether oxygens (including phenoxy) is 1. The van der Waals surface area contributed by atoms with Crippen LogP contribution in [0.4, 0.5) is 14.9 Å². The molecule has 0 aromatic heterocycles. The molecule has 0 radical (unpaired) electrons. The monoisotopic (exact) mass is 522 g/mol. The van der Waals surface area contributed by atoms with Crippen LogP contribution in [0.3, 0.4) is 0 Å². The van der Waals surface area contributed by atoms with Crippen LogP contribution >= 0.6 is 0 Å². The first-order chi connectivity index (χ1) is 17.1. The van der Waals surface area contributed by atoms with Crippen molar-refractivity contribution in [2.24, 2.45) is 0 Å². The molecule has 2 amide bonds. The number of urea groups is 1. The molecule has 0 spiro atoms. The summed E-state index contributed by atoms with van der Waals surface area (Å²) in [6.07, 6.45) is 0.582. The van der Waals surface area contributed by atoms with Crippen molar-refractivity contribution >= 4 is 35.0 Å². The van der Waals surface area contributed by atoms with E-state index in [4.69, 9.17) is 4.74 Å². The number of carbonyl (C=O) groups is 5. The number of carbonyl (C=O) groups excluding carboxylic acids is 5. The van der Waals surface area contributed by atoms with Gasteiger partial charge in [-0.2, -0.15) is 0 Å². The highest BCUT2D eigenvalue weighted by atomic mass is 18.2. The molecular weight excluding hydrogens is 488 g/mol. The van der Waals surface area contributed by atoms with Crippen molar-refractivity contribution in [2.45, 2.75) is 90.8 Å². The maximum absolute atomic E-state index is 13.5. The molecule has 2 atom stereocenters. The Morgan fingerprint density at radius 3 is 2.16 bits per heavy atom. The summed E-state index contributed by atoms with van der Waals surface area (Å²) in [4.78, 5) is 71.1. The molecular formula is C25H34FN3O8. The minimum Gasteiger partial charge on any atom is -0.458 e. The second kappa shape index (κ2) is 14.1. The topological polar surface area (TPSA) is 162 Å². The molecule has 1 rings (SSSR count). The number of benzene rings is 1. The molecule has 0 unspecified atom stereocenters. The first-order valence-corrected chi connectivity index (χ1v) is 11.9. The lowest BCUT2D eigenvalue weighted by Gasteiger charge is -2.25. The van der Waals surface area contributed by atoms with Gasteiger partial charge in [-0.3, -0.25) is 19.7 Å². The summed E-state index contributed by atoms with van der Waals surface area (Å²) in [6, 6.07) is -0.192. The fourth-order valence-electron chi connectivity index (χ4n) is 3.36. The van der Waals surface area contributed by atoms with Gasteiger partial charge in [0.05, 0.1) is 16.5 Å². The van der Waals surface area contributed by atoms with Gasteiger partial charge in [0, 0.05) is 18.9 Å². The lowest BCUT2D eigenvalue weighted by Crippen LogP contribution is -2.51. The zero-order valence-corrected chi connectivity index (χ0v) is 21.7. The summed E-state index contributed by atoms with van der Waals surface area (Å²) in [5, 5.41) is 16.1. The third-order valence-electron chi connectivity index (χ3n) is 5.18. The maximum atomic E-state index is 13.5. The average molecular weight is 523 g/mol. The fraction of sp³-hybridized carbons (Fsp3) is 0.560. The zero-order chi connectivity index (χ0) is 28.3. The number of nitro groups is 1. The van der Waals surface area contributed by atoms with E-state index < -0.39 is 51.9 Å². The number of nitrogens with zero attached hydrogens (tertiary/aromatic N) is 1. The van der Waals surface area contributed by atoms with E-state index in [9.17, 15) is 38.5 Å². The first-order valence-electron chi connectivity index (χ1n) is 11.9. The van der Waals surface area contributed by atoms with Gasteiger partial charge in [-0.05, 0) is 66.0 Å². The number of hydrogen-bond donors (Lipinski definition) is 2. The number of Topliss-reactive ketones (excluding diaryl/α,β-unsaturated/α-hetero) is 3. The third kappa shape index (κ3) is 11.7. The van der Waals surface area contributed by atoms with Crippen LogP contribution in [0.15, 0.2) is 18.2 Å². The van der Waals surface area contributed by atoms with Crippen LogP contribution < -0.4 is 10.6 Å². The summed E-state index contributed by atoms with van der Waals surface area (Å²) in [5.74, 6) is -2.62. The number of ketones is 3. The minimum absolute atomic E-state index is 0.0685. The Hall–Kier alpha value is -3.70. The second-order valence-corrected chi connectivity index (χ2v) is 9.70. The molecule has 1 aromatic carbocycles. The molecule has 1 aromatic rings. The molecule has 0 saturated carbocycles. The van der Waals surface area contributed by atoms with Crippen molar-refractivity contribution in [2.75, 3.05) is 0 Å². The number of halogens is 1. The summed E-state index contributed by atoms with van der Waals surface area (Å²) in [7, 11) is 0. The van der Waals surface area contributed by atoms with Gasteiger partial charge < -0.3 is 20.2 Å². The van der Waals surface area contributed by atoms with Gasteiger partial charge in [0.15, 0.2) is 11.6 Å². The van der Waals surface area contributed by atoms with E-state index >= 15 is 0 Å². The Kier molecular flexibility index (Phi) is 12.0. The highest BCUT2D eigenvalue weighted by Crippen LogP contribution is 2.22. The number of rotatable bonds is 14. The molecule has 0 aliphatic rings. The second-order valence-electron chi connectivity index (χ2n) is 9.70. The molecule has 0 aliphatic carbocycles. The molecule has 37 heavy (non-hydrogen) atoms. The van der Waals surface area contributed by atoms with E-state index in [1.807, 2.05) is 0 Å². The lowest BCUT2D eigenvalue weighted by molar-refractivity contribution is -0.385. The largest absolute Gasteiger partial charge is 0.458 e. The zero-order valence-electron chi connectivity index (χ0n) is 21.7. The van der Waals surface area contributed by atoms with Crippen LogP contribution in [-0.4, -0.2) is 52.0 Å². The van der Waals surface area contributed by atoms with Crippen molar-refractivity contribution in [3.63, 3.8) is 0 Å². The Bertz CT molecular complexity index is 1040. The minimum atomic E-state index is -1.11. The van der Waals surface area contributed by atoms with E-state index in [0.29, 0.717) is 0 Å². The molecule has 0 bridgehead atoms. The number of amides is 2. The number of nitrogens with one attached hydrogen (secondary N) is 2. The maximum Gasteiger partial charge on any atom is 0.329 e. The van der Waals surface area contributed by atoms with Crippen molar-refractivity contribution in [3.05, 3.63) is 39.7 Å². The van der Waals surface area contributed by atoms with Gasteiger partial charge in [-0.15, -0.1) is 0 Å². The number of esters is 1. The van der Waals surface area contributed by atoms with E-state index in [1.165, 1.54) is 13.8 Å². The van der Waals surface area contributed by atoms with Gasteiger partial charge in [0.25, 0.3) is 5.69 Å². The van der Waals surface area contributed by atoms with Gasteiger partial charge >= 0.3 is 12.0 Å². The third-order valence-corrected chi connectivity index (χ3v) is 5.18. The summed E-state index contributed by atoms with van der Waals surface area (Å²) in [6.45, 7) is 7.60. The summed E-state index contributed by atoms with van der Waals surface area (Å²) in [5.41, 5.74) is -1.68. The lowest BCUT2D eigenvalue weighted by atomic mass is 10.0. The van der Waals surface area contributed by atoms with Crippen LogP contribution in [0.1, 0.15) is 83.5 Å². The van der Waals surface area contributed by atoms with E-state index in [1.54, 1.807) is 20.8 Å². The van der Waals surface area contributed by atoms with Crippen molar-refractivity contribution in [1.82, 2.24) is 10.6 Å². The van der Waals surface area contributed by atoms with Crippen LogP contribution in [-0.2, 0) is 19.1 Å². The molecule has 12 heteroatoms.